The Balaban J connectivity index is 1.94. The maximum atomic E-state index is 11.4. The topological polar surface area (TPSA) is 59.8 Å². The lowest BCUT2D eigenvalue weighted by Gasteiger charge is -2.10. The van der Waals surface area contributed by atoms with E-state index >= 15 is 0 Å². The summed E-state index contributed by atoms with van der Waals surface area (Å²) in [5, 5.41) is 7.12. The monoisotopic (exact) mass is 336 g/mol. The molecule has 1 N–H and O–H groups in total. The van der Waals surface area contributed by atoms with E-state index in [2.05, 4.69) is 55.5 Å². The fourth-order valence-corrected chi connectivity index (χ4v) is 3.15. The van der Waals surface area contributed by atoms with Gasteiger partial charge in [-0.1, -0.05) is 18.2 Å². The Hall–Kier alpha value is -2.69. The van der Waals surface area contributed by atoms with Gasteiger partial charge in [-0.05, 0) is 49.9 Å². The van der Waals surface area contributed by atoms with Crippen LogP contribution in [0.25, 0.3) is 22.3 Å². The van der Waals surface area contributed by atoms with Crippen molar-refractivity contribution in [1.82, 2.24) is 20.1 Å². The van der Waals surface area contributed by atoms with Gasteiger partial charge in [0.2, 0.25) is 5.91 Å². The number of nitrogens with zero attached hydrogens (tertiary/aromatic N) is 3. The first kappa shape index (κ1) is 17.1. The van der Waals surface area contributed by atoms with Gasteiger partial charge in [-0.15, -0.1) is 0 Å². The molecule has 2 heterocycles. The standard InChI is InChI=1S/C20H24N4O/c1-13-7-5-8-16(15(13)3)17-11-14(2)20-18(23-17)12-22-24(20)10-6-9-19(25)21-4/h5,7-8,11-12H,6,9-10H2,1-4H3,(H,21,25). The predicted molar refractivity (Wildman–Crippen MR) is 100 cm³/mol. The Bertz CT molecular complexity index is 927. The number of aryl methyl sites for hydroxylation is 3. The maximum absolute atomic E-state index is 11.4. The van der Waals surface area contributed by atoms with Crippen LogP contribution in [0.3, 0.4) is 0 Å². The van der Waals surface area contributed by atoms with E-state index in [1.165, 1.54) is 11.1 Å². The van der Waals surface area contributed by atoms with Gasteiger partial charge in [-0.2, -0.15) is 5.10 Å². The number of aromatic nitrogens is 3. The molecule has 0 unspecified atom stereocenters. The van der Waals surface area contributed by atoms with E-state index in [9.17, 15) is 4.79 Å². The molecule has 5 nitrogen and oxygen atoms in total. The number of benzene rings is 1. The summed E-state index contributed by atoms with van der Waals surface area (Å²) in [6, 6.07) is 8.43. The Morgan fingerprint density at radius 3 is 2.76 bits per heavy atom. The van der Waals surface area contributed by atoms with Crippen LogP contribution in [-0.2, 0) is 11.3 Å². The van der Waals surface area contributed by atoms with Crippen molar-refractivity contribution in [3.05, 3.63) is 47.2 Å². The van der Waals surface area contributed by atoms with Crippen molar-refractivity contribution < 1.29 is 4.79 Å². The summed E-state index contributed by atoms with van der Waals surface area (Å²) >= 11 is 0. The van der Waals surface area contributed by atoms with Gasteiger partial charge in [0.1, 0.15) is 5.52 Å². The lowest BCUT2D eigenvalue weighted by atomic mass is 9.99. The van der Waals surface area contributed by atoms with Crippen molar-refractivity contribution in [2.45, 2.75) is 40.2 Å². The molecule has 3 rings (SSSR count). The smallest absolute Gasteiger partial charge is 0.219 e. The van der Waals surface area contributed by atoms with Gasteiger partial charge in [0, 0.05) is 25.6 Å². The van der Waals surface area contributed by atoms with Crippen LogP contribution < -0.4 is 5.32 Å². The fourth-order valence-electron chi connectivity index (χ4n) is 3.15. The SMILES string of the molecule is CNC(=O)CCCn1ncc2nc(-c3cccc(C)c3C)cc(C)c21. The van der Waals surface area contributed by atoms with Gasteiger partial charge >= 0.3 is 0 Å². The maximum Gasteiger partial charge on any atom is 0.219 e. The van der Waals surface area contributed by atoms with Gasteiger partial charge in [-0.3, -0.25) is 9.48 Å². The molecule has 1 aromatic carbocycles. The minimum atomic E-state index is 0.0588. The lowest BCUT2D eigenvalue weighted by molar-refractivity contribution is -0.120. The normalized spacial score (nSPS) is 11.0. The highest BCUT2D eigenvalue weighted by Gasteiger charge is 2.12. The van der Waals surface area contributed by atoms with Crippen molar-refractivity contribution in [2.24, 2.45) is 0 Å². The quantitative estimate of drug-likeness (QED) is 0.775. The lowest BCUT2D eigenvalue weighted by Crippen LogP contribution is -2.18. The van der Waals surface area contributed by atoms with E-state index in [1.54, 1.807) is 7.05 Å². The molecule has 0 bridgehead atoms. The predicted octanol–water partition coefficient (Wildman–Crippen LogP) is 3.55. The summed E-state index contributed by atoms with van der Waals surface area (Å²) in [6.07, 6.45) is 3.08. The van der Waals surface area contributed by atoms with Crippen molar-refractivity contribution in [1.29, 1.82) is 0 Å². The average molecular weight is 336 g/mol. The van der Waals surface area contributed by atoms with Crippen LogP contribution >= 0.6 is 0 Å². The number of hydrogen-bond donors (Lipinski definition) is 1. The minimum absolute atomic E-state index is 0.0588. The minimum Gasteiger partial charge on any atom is -0.359 e. The van der Waals surface area contributed by atoms with Gasteiger partial charge in [0.15, 0.2) is 0 Å². The molecule has 0 aliphatic carbocycles. The van der Waals surface area contributed by atoms with E-state index in [4.69, 9.17) is 4.98 Å². The molecule has 0 radical (unpaired) electrons. The van der Waals surface area contributed by atoms with Crippen LogP contribution in [0.2, 0.25) is 0 Å². The second kappa shape index (κ2) is 7.05. The number of nitrogens with one attached hydrogen (secondary N) is 1. The summed E-state index contributed by atoms with van der Waals surface area (Å²) < 4.78 is 1.95. The van der Waals surface area contributed by atoms with Gasteiger partial charge in [0.25, 0.3) is 0 Å². The number of pyridine rings is 1. The van der Waals surface area contributed by atoms with Crippen molar-refractivity contribution >= 4 is 16.9 Å². The molecule has 0 fully saturated rings. The van der Waals surface area contributed by atoms with Crippen molar-refractivity contribution in [3.8, 4) is 11.3 Å². The number of fused-ring (bicyclic) bond motifs is 1. The third-order valence-corrected chi connectivity index (χ3v) is 4.72. The number of carbonyl (C=O) groups excluding carboxylic acids is 1. The zero-order chi connectivity index (χ0) is 18.0. The number of amides is 1. The van der Waals surface area contributed by atoms with Crippen LogP contribution in [-0.4, -0.2) is 27.7 Å². The molecule has 3 aromatic rings. The molecule has 2 aromatic heterocycles. The van der Waals surface area contributed by atoms with Crippen molar-refractivity contribution in [3.63, 3.8) is 0 Å². The van der Waals surface area contributed by atoms with E-state index in [1.807, 2.05) is 10.9 Å². The zero-order valence-electron chi connectivity index (χ0n) is 15.3. The molecule has 0 saturated heterocycles. The largest absolute Gasteiger partial charge is 0.359 e. The molecular formula is C20H24N4O. The van der Waals surface area contributed by atoms with Crippen molar-refractivity contribution in [2.75, 3.05) is 7.05 Å². The van der Waals surface area contributed by atoms with Crippen LogP contribution in [0.5, 0.6) is 0 Å². The summed E-state index contributed by atoms with van der Waals surface area (Å²) in [5.41, 5.74) is 7.77. The van der Waals surface area contributed by atoms with Gasteiger partial charge in [0.05, 0.1) is 17.4 Å². The highest BCUT2D eigenvalue weighted by molar-refractivity contribution is 5.82. The Labute approximate surface area is 148 Å². The van der Waals surface area contributed by atoms with Crippen LogP contribution in [0.1, 0.15) is 29.5 Å². The van der Waals surface area contributed by atoms with Gasteiger partial charge < -0.3 is 5.32 Å². The van der Waals surface area contributed by atoms with E-state index in [-0.39, 0.29) is 5.91 Å². The fraction of sp³-hybridized carbons (Fsp3) is 0.350. The Morgan fingerprint density at radius 1 is 1.20 bits per heavy atom. The molecular weight excluding hydrogens is 312 g/mol. The first-order valence-corrected chi connectivity index (χ1v) is 8.61. The Morgan fingerprint density at radius 2 is 2.00 bits per heavy atom. The molecule has 130 valence electrons. The Kier molecular flexibility index (Phi) is 4.83. The summed E-state index contributed by atoms with van der Waals surface area (Å²) in [4.78, 5) is 16.2. The van der Waals surface area contributed by atoms with Crippen LogP contribution in [0.15, 0.2) is 30.5 Å². The first-order chi connectivity index (χ1) is 12.0. The van der Waals surface area contributed by atoms with Crippen LogP contribution in [0.4, 0.5) is 0 Å². The molecule has 25 heavy (non-hydrogen) atoms. The van der Waals surface area contributed by atoms with E-state index < -0.39 is 0 Å². The molecule has 0 spiro atoms. The molecule has 0 aliphatic heterocycles. The molecule has 5 heteroatoms. The second-order valence-corrected chi connectivity index (χ2v) is 6.45. The number of rotatable bonds is 5. The zero-order valence-corrected chi connectivity index (χ0v) is 15.3. The highest BCUT2D eigenvalue weighted by atomic mass is 16.1. The van der Waals surface area contributed by atoms with Crippen LogP contribution in [0, 0.1) is 20.8 Å². The average Bonchev–Trinajstić information content (AvgIpc) is 3.00. The van der Waals surface area contributed by atoms with Gasteiger partial charge in [-0.25, -0.2) is 4.98 Å². The number of hydrogen-bond acceptors (Lipinski definition) is 3. The summed E-state index contributed by atoms with van der Waals surface area (Å²) in [7, 11) is 1.66. The summed E-state index contributed by atoms with van der Waals surface area (Å²) in [6.45, 7) is 7.06. The molecule has 1 amide bonds. The second-order valence-electron chi connectivity index (χ2n) is 6.45. The van der Waals surface area contributed by atoms with E-state index in [0.29, 0.717) is 13.0 Å². The summed E-state index contributed by atoms with van der Waals surface area (Å²) in [5.74, 6) is 0.0588. The third kappa shape index (κ3) is 3.40. The molecule has 0 saturated carbocycles. The number of carbonyl (C=O) groups is 1. The van der Waals surface area contributed by atoms with E-state index in [0.717, 1.165) is 34.3 Å². The highest BCUT2D eigenvalue weighted by Crippen LogP contribution is 2.28. The third-order valence-electron chi connectivity index (χ3n) is 4.72. The first-order valence-electron chi connectivity index (χ1n) is 8.61. The molecule has 0 atom stereocenters. The molecule has 0 aliphatic rings.